The van der Waals surface area contributed by atoms with Crippen LogP contribution in [0.15, 0.2) is 24.8 Å². The minimum absolute atomic E-state index is 0.972. The highest BCUT2D eigenvalue weighted by atomic mass is 16.5. The normalized spacial score (nSPS) is 9.69. The van der Waals surface area contributed by atoms with Gasteiger partial charge in [-0.15, -0.1) is 0 Å². The van der Waals surface area contributed by atoms with Crippen molar-refractivity contribution >= 4 is 6.08 Å². The molecule has 1 nitrogen and oxygen atoms in total. The summed E-state index contributed by atoms with van der Waals surface area (Å²) in [5.41, 5.74) is 2.38. The fourth-order valence-electron chi connectivity index (χ4n) is 1.36. The van der Waals surface area contributed by atoms with Gasteiger partial charge in [0, 0.05) is 0 Å². The molecular formula is C12H16O. The molecule has 0 fully saturated rings. The standard InChI is InChI=1S/C12H16O/c1-4-6-11-8-7-10(5-2)9-12(11)13-3/h5,7-9H,2,4,6H2,1,3H3. The molecule has 0 spiro atoms. The molecule has 70 valence electrons. The second-order valence-corrected chi connectivity index (χ2v) is 3.03. The highest BCUT2D eigenvalue weighted by Crippen LogP contribution is 2.21. The summed E-state index contributed by atoms with van der Waals surface area (Å²) < 4.78 is 5.29. The van der Waals surface area contributed by atoms with E-state index < -0.39 is 0 Å². The van der Waals surface area contributed by atoms with Crippen LogP contribution in [0, 0.1) is 0 Å². The van der Waals surface area contributed by atoms with Crippen LogP contribution in [0.1, 0.15) is 24.5 Å². The average Bonchev–Trinajstić information content (AvgIpc) is 2.19. The van der Waals surface area contributed by atoms with Crippen LogP contribution >= 0.6 is 0 Å². The van der Waals surface area contributed by atoms with Crippen molar-refractivity contribution in [2.24, 2.45) is 0 Å². The van der Waals surface area contributed by atoms with Gasteiger partial charge in [0.05, 0.1) is 7.11 Å². The Bertz CT molecular complexity index is 289. The molecule has 1 aromatic carbocycles. The molecule has 0 bridgehead atoms. The zero-order valence-corrected chi connectivity index (χ0v) is 8.34. The van der Waals surface area contributed by atoms with Crippen molar-refractivity contribution in [3.63, 3.8) is 0 Å². The molecule has 0 atom stereocenters. The number of aryl methyl sites for hydroxylation is 1. The number of hydrogen-bond donors (Lipinski definition) is 0. The molecule has 0 aromatic heterocycles. The van der Waals surface area contributed by atoms with Gasteiger partial charge < -0.3 is 4.74 Å². The third-order valence-corrected chi connectivity index (χ3v) is 2.07. The molecule has 1 heteroatoms. The van der Waals surface area contributed by atoms with Crippen LogP contribution in [0.3, 0.4) is 0 Å². The van der Waals surface area contributed by atoms with Crippen LogP contribution in [-0.2, 0) is 6.42 Å². The first-order valence-corrected chi connectivity index (χ1v) is 4.61. The first-order valence-electron chi connectivity index (χ1n) is 4.61. The maximum absolute atomic E-state index is 5.29. The van der Waals surface area contributed by atoms with E-state index in [1.54, 1.807) is 7.11 Å². The predicted molar refractivity (Wildman–Crippen MR) is 57.1 cm³/mol. The van der Waals surface area contributed by atoms with Gasteiger partial charge in [-0.3, -0.25) is 0 Å². The smallest absolute Gasteiger partial charge is 0.122 e. The van der Waals surface area contributed by atoms with E-state index in [2.05, 4.69) is 25.6 Å². The summed E-state index contributed by atoms with van der Waals surface area (Å²) in [6, 6.07) is 6.21. The third kappa shape index (κ3) is 2.35. The van der Waals surface area contributed by atoms with Crippen LogP contribution in [0.25, 0.3) is 6.08 Å². The Morgan fingerprint density at radius 2 is 2.23 bits per heavy atom. The molecule has 1 aromatic rings. The SMILES string of the molecule is C=Cc1ccc(CCC)c(OC)c1. The van der Waals surface area contributed by atoms with E-state index in [0.717, 1.165) is 24.2 Å². The Morgan fingerprint density at radius 3 is 2.77 bits per heavy atom. The van der Waals surface area contributed by atoms with Gasteiger partial charge in [-0.2, -0.15) is 0 Å². The predicted octanol–water partition coefficient (Wildman–Crippen LogP) is 3.29. The molecule has 0 heterocycles. The summed E-state index contributed by atoms with van der Waals surface area (Å²) in [6.07, 6.45) is 4.04. The van der Waals surface area contributed by atoms with E-state index in [0.29, 0.717) is 0 Å². The van der Waals surface area contributed by atoms with Gasteiger partial charge in [-0.1, -0.05) is 38.1 Å². The van der Waals surface area contributed by atoms with E-state index in [9.17, 15) is 0 Å². The number of methoxy groups -OCH3 is 1. The van der Waals surface area contributed by atoms with Crippen molar-refractivity contribution < 1.29 is 4.74 Å². The molecule has 0 amide bonds. The molecule has 13 heavy (non-hydrogen) atoms. The van der Waals surface area contributed by atoms with Gasteiger partial charge in [0.2, 0.25) is 0 Å². The van der Waals surface area contributed by atoms with Gasteiger partial charge in [-0.25, -0.2) is 0 Å². The Balaban J connectivity index is 3.00. The summed E-state index contributed by atoms with van der Waals surface area (Å²) in [7, 11) is 1.71. The molecule has 0 radical (unpaired) electrons. The number of ether oxygens (including phenoxy) is 1. The quantitative estimate of drug-likeness (QED) is 0.684. The van der Waals surface area contributed by atoms with Crippen molar-refractivity contribution in [3.8, 4) is 5.75 Å². The Morgan fingerprint density at radius 1 is 1.46 bits per heavy atom. The summed E-state index contributed by atoms with van der Waals surface area (Å²) >= 11 is 0. The number of benzene rings is 1. The second-order valence-electron chi connectivity index (χ2n) is 3.03. The number of hydrogen-bond acceptors (Lipinski definition) is 1. The van der Waals surface area contributed by atoms with Crippen LogP contribution in [0.5, 0.6) is 5.75 Å². The van der Waals surface area contributed by atoms with Crippen molar-refractivity contribution in [1.29, 1.82) is 0 Å². The maximum Gasteiger partial charge on any atom is 0.122 e. The van der Waals surface area contributed by atoms with E-state index >= 15 is 0 Å². The van der Waals surface area contributed by atoms with Crippen molar-refractivity contribution in [1.82, 2.24) is 0 Å². The van der Waals surface area contributed by atoms with Gasteiger partial charge in [0.25, 0.3) is 0 Å². The number of rotatable bonds is 4. The first-order chi connectivity index (χ1) is 6.31. The Kier molecular flexibility index (Phi) is 3.56. The van der Waals surface area contributed by atoms with Crippen molar-refractivity contribution in [3.05, 3.63) is 35.9 Å². The molecule has 0 N–H and O–H groups in total. The van der Waals surface area contributed by atoms with Crippen molar-refractivity contribution in [2.45, 2.75) is 19.8 Å². The molecule has 1 rings (SSSR count). The molecule has 0 saturated carbocycles. The van der Waals surface area contributed by atoms with Gasteiger partial charge in [-0.05, 0) is 23.6 Å². The fourth-order valence-corrected chi connectivity index (χ4v) is 1.36. The lowest BCUT2D eigenvalue weighted by Gasteiger charge is -2.07. The van der Waals surface area contributed by atoms with Gasteiger partial charge in [0.1, 0.15) is 5.75 Å². The van der Waals surface area contributed by atoms with Crippen LogP contribution in [-0.4, -0.2) is 7.11 Å². The lowest BCUT2D eigenvalue weighted by molar-refractivity contribution is 0.409. The average molecular weight is 176 g/mol. The second kappa shape index (κ2) is 4.70. The van der Waals surface area contributed by atoms with E-state index in [1.807, 2.05) is 12.1 Å². The molecule has 0 saturated heterocycles. The maximum atomic E-state index is 5.29. The fraction of sp³-hybridized carbons (Fsp3) is 0.333. The minimum Gasteiger partial charge on any atom is -0.496 e. The Hall–Kier alpha value is -1.24. The first kappa shape index (κ1) is 9.85. The van der Waals surface area contributed by atoms with Crippen LogP contribution in [0.2, 0.25) is 0 Å². The summed E-state index contributed by atoms with van der Waals surface area (Å²) in [4.78, 5) is 0. The van der Waals surface area contributed by atoms with Gasteiger partial charge >= 0.3 is 0 Å². The Labute approximate surface area is 80.0 Å². The summed E-state index contributed by atoms with van der Waals surface area (Å²) in [5.74, 6) is 0.972. The van der Waals surface area contributed by atoms with E-state index in [1.165, 1.54) is 5.56 Å². The van der Waals surface area contributed by atoms with Crippen LogP contribution in [0.4, 0.5) is 0 Å². The zero-order chi connectivity index (χ0) is 9.68. The largest absolute Gasteiger partial charge is 0.496 e. The van der Waals surface area contributed by atoms with E-state index in [4.69, 9.17) is 4.74 Å². The molecule has 0 aliphatic rings. The summed E-state index contributed by atoms with van der Waals surface area (Å²) in [6.45, 7) is 5.89. The highest BCUT2D eigenvalue weighted by molar-refractivity contribution is 5.52. The van der Waals surface area contributed by atoms with E-state index in [-0.39, 0.29) is 0 Å². The monoisotopic (exact) mass is 176 g/mol. The lowest BCUT2D eigenvalue weighted by Crippen LogP contribution is -1.91. The zero-order valence-electron chi connectivity index (χ0n) is 8.34. The molecule has 0 aliphatic carbocycles. The van der Waals surface area contributed by atoms with Crippen LogP contribution < -0.4 is 4.74 Å². The van der Waals surface area contributed by atoms with Crippen molar-refractivity contribution in [2.75, 3.05) is 7.11 Å². The molecular weight excluding hydrogens is 160 g/mol. The summed E-state index contributed by atoms with van der Waals surface area (Å²) in [5, 5.41) is 0. The molecule has 0 unspecified atom stereocenters. The lowest BCUT2D eigenvalue weighted by atomic mass is 10.1. The highest BCUT2D eigenvalue weighted by Gasteiger charge is 2.01. The minimum atomic E-state index is 0.972. The topological polar surface area (TPSA) is 9.23 Å². The third-order valence-electron chi connectivity index (χ3n) is 2.07. The molecule has 0 aliphatic heterocycles. The van der Waals surface area contributed by atoms with Gasteiger partial charge in [0.15, 0.2) is 0 Å².